The van der Waals surface area contributed by atoms with Crippen LogP contribution in [0.25, 0.3) is 27.1 Å². The van der Waals surface area contributed by atoms with Gasteiger partial charge in [-0.25, -0.2) is 4.98 Å². The molecule has 23 heavy (non-hydrogen) atoms. The molecule has 0 aliphatic heterocycles. The van der Waals surface area contributed by atoms with E-state index in [4.69, 9.17) is 9.72 Å². The van der Waals surface area contributed by atoms with Crippen LogP contribution in [0, 0.1) is 20.8 Å². The molecule has 0 unspecified atom stereocenters. The van der Waals surface area contributed by atoms with E-state index >= 15 is 0 Å². The molecule has 118 valence electrons. The van der Waals surface area contributed by atoms with E-state index in [1.165, 1.54) is 32.7 Å². The lowest BCUT2D eigenvalue weighted by atomic mass is 10.1. The molecule has 0 N–H and O–H groups in total. The lowest BCUT2D eigenvalue weighted by Gasteiger charge is -2.01. The van der Waals surface area contributed by atoms with Crippen molar-refractivity contribution in [3.05, 3.63) is 40.7 Å². The van der Waals surface area contributed by atoms with Crippen molar-refractivity contribution in [1.29, 1.82) is 0 Å². The lowest BCUT2D eigenvalue weighted by Crippen LogP contribution is -1.90. The van der Waals surface area contributed by atoms with Gasteiger partial charge in [-0.05, 0) is 39.0 Å². The second kappa shape index (κ2) is 4.86. The molecular formula is C18H19N3OS. The summed E-state index contributed by atoms with van der Waals surface area (Å²) in [5.74, 6) is 0.873. The predicted molar refractivity (Wildman–Crippen MR) is 95.7 cm³/mol. The highest BCUT2D eigenvalue weighted by molar-refractivity contribution is 7.17. The van der Waals surface area contributed by atoms with E-state index in [0.717, 1.165) is 16.4 Å². The minimum Gasteiger partial charge on any atom is -0.497 e. The minimum atomic E-state index is 0.873. The summed E-state index contributed by atoms with van der Waals surface area (Å²) in [6.45, 7) is 6.43. The van der Waals surface area contributed by atoms with Crippen LogP contribution in [0.5, 0.6) is 5.75 Å². The van der Waals surface area contributed by atoms with Gasteiger partial charge in [-0.3, -0.25) is 4.40 Å². The van der Waals surface area contributed by atoms with Crippen molar-refractivity contribution in [2.75, 3.05) is 7.11 Å². The number of nitrogens with zero attached hydrogens (tertiary/aromatic N) is 3. The number of ether oxygens (including phenoxy) is 1. The first-order chi connectivity index (χ1) is 11.0. The number of benzene rings is 1. The fourth-order valence-electron chi connectivity index (χ4n) is 3.18. The van der Waals surface area contributed by atoms with Gasteiger partial charge < -0.3 is 9.30 Å². The summed E-state index contributed by atoms with van der Waals surface area (Å²) in [7, 11) is 3.80. The Morgan fingerprint density at radius 3 is 2.61 bits per heavy atom. The molecule has 4 rings (SSSR count). The highest BCUT2D eigenvalue weighted by atomic mass is 32.1. The molecule has 0 atom stereocenters. The van der Waals surface area contributed by atoms with Crippen LogP contribution in [-0.4, -0.2) is 21.1 Å². The molecule has 0 aliphatic rings. The lowest BCUT2D eigenvalue weighted by molar-refractivity contribution is 0.415. The molecular weight excluding hydrogens is 306 g/mol. The van der Waals surface area contributed by atoms with Gasteiger partial charge in [0.25, 0.3) is 0 Å². The topological polar surface area (TPSA) is 31.5 Å². The molecule has 0 saturated heterocycles. The zero-order valence-electron chi connectivity index (χ0n) is 14.0. The van der Waals surface area contributed by atoms with Gasteiger partial charge in [0, 0.05) is 46.0 Å². The van der Waals surface area contributed by atoms with E-state index in [2.05, 4.69) is 55.1 Å². The standard InChI is InChI=1S/C18H19N3OS/c1-10-12(3)23-18-19-15(9-21(10)18)17-11(2)20(4)16-7-6-13(22-5)8-14(16)17/h6-9H,1-5H3. The summed E-state index contributed by atoms with van der Waals surface area (Å²) < 4.78 is 9.81. The molecule has 0 amide bonds. The van der Waals surface area contributed by atoms with E-state index in [9.17, 15) is 0 Å². The fraction of sp³-hybridized carbons (Fsp3) is 0.278. The number of aromatic nitrogens is 3. The SMILES string of the molecule is COc1ccc2c(c1)c(-c1cn3c(C)c(C)sc3n1)c(C)n2C. The Kier molecular flexibility index (Phi) is 3.03. The van der Waals surface area contributed by atoms with Crippen molar-refractivity contribution in [1.82, 2.24) is 14.0 Å². The molecule has 0 spiro atoms. The number of methoxy groups -OCH3 is 1. The van der Waals surface area contributed by atoms with Gasteiger partial charge in [-0.2, -0.15) is 0 Å². The minimum absolute atomic E-state index is 0.873. The second-order valence-electron chi connectivity index (χ2n) is 5.92. The Hall–Kier alpha value is -2.27. The Morgan fingerprint density at radius 2 is 1.91 bits per heavy atom. The number of fused-ring (bicyclic) bond motifs is 2. The summed E-state index contributed by atoms with van der Waals surface area (Å²) in [5.41, 5.74) is 5.89. The van der Waals surface area contributed by atoms with Gasteiger partial charge in [0.1, 0.15) is 5.75 Å². The molecule has 3 aromatic heterocycles. The maximum atomic E-state index is 5.41. The first-order valence-electron chi connectivity index (χ1n) is 7.59. The van der Waals surface area contributed by atoms with Gasteiger partial charge in [0.05, 0.1) is 12.8 Å². The number of thiazole rings is 1. The number of aryl methyl sites for hydroxylation is 3. The van der Waals surface area contributed by atoms with Crippen LogP contribution in [0.15, 0.2) is 24.4 Å². The van der Waals surface area contributed by atoms with Crippen LogP contribution < -0.4 is 4.74 Å². The highest BCUT2D eigenvalue weighted by Crippen LogP contribution is 2.36. The monoisotopic (exact) mass is 325 g/mol. The van der Waals surface area contributed by atoms with Crippen molar-refractivity contribution in [2.45, 2.75) is 20.8 Å². The van der Waals surface area contributed by atoms with Crippen LogP contribution in [0.4, 0.5) is 0 Å². The molecule has 3 heterocycles. The van der Waals surface area contributed by atoms with E-state index in [0.29, 0.717) is 0 Å². The average molecular weight is 325 g/mol. The Bertz CT molecular complexity index is 1050. The van der Waals surface area contributed by atoms with Crippen LogP contribution in [0.2, 0.25) is 0 Å². The van der Waals surface area contributed by atoms with Crippen molar-refractivity contribution < 1.29 is 4.74 Å². The zero-order valence-corrected chi connectivity index (χ0v) is 14.8. The summed E-state index contributed by atoms with van der Waals surface area (Å²) in [4.78, 5) is 7.24. The molecule has 0 bridgehead atoms. The van der Waals surface area contributed by atoms with Crippen molar-refractivity contribution in [3.8, 4) is 17.0 Å². The third-order valence-corrected chi connectivity index (χ3v) is 5.82. The summed E-state index contributed by atoms with van der Waals surface area (Å²) in [5, 5.41) is 1.18. The van der Waals surface area contributed by atoms with E-state index in [1.807, 2.05) is 6.07 Å². The molecule has 0 fully saturated rings. The van der Waals surface area contributed by atoms with Crippen LogP contribution >= 0.6 is 11.3 Å². The first-order valence-corrected chi connectivity index (χ1v) is 8.41. The Morgan fingerprint density at radius 1 is 1.13 bits per heavy atom. The summed E-state index contributed by atoms with van der Waals surface area (Å²) >= 11 is 1.74. The molecule has 0 saturated carbocycles. The van der Waals surface area contributed by atoms with Gasteiger partial charge in [0.15, 0.2) is 4.96 Å². The van der Waals surface area contributed by atoms with Crippen LogP contribution in [-0.2, 0) is 7.05 Å². The largest absolute Gasteiger partial charge is 0.497 e. The zero-order chi connectivity index (χ0) is 16.3. The molecule has 5 heteroatoms. The van der Waals surface area contributed by atoms with Gasteiger partial charge >= 0.3 is 0 Å². The molecule has 0 radical (unpaired) electrons. The predicted octanol–water partition coefficient (Wildman–Crippen LogP) is 4.49. The molecule has 4 nitrogen and oxygen atoms in total. The maximum Gasteiger partial charge on any atom is 0.194 e. The van der Waals surface area contributed by atoms with Gasteiger partial charge in [0.2, 0.25) is 0 Å². The number of hydrogen-bond donors (Lipinski definition) is 0. The summed E-state index contributed by atoms with van der Waals surface area (Å²) in [6.07, 6.45) is 2.15. The fourth-order valence-corrected chi connectivity index (χ4v) is 4.13. The van der Waals surface area contributed by atoms with Crippen molar-refractivity contribution in [2.24, 2.45) is 7.05 Å². The number of hydrogen-bond acceptors (Lipinski definition) is 3. The quantitative estimate of drug-likeness (QED) is 0.544. The number of imidazole rings is 1. The average Bonchev–Trinajstić information content (AvgIpc) is 3.14. The highest BCUT2D eigenvalue weighted by Gasteiger charge is 2.18. The van der Waals surface area contributed by atoms with Gasteiger partial charge in [-0.15, -0.1) is 11.3 Å². The third-order valence-electron chi connectivity index (χ3n) is 4.74. The smallest absolute Gasteiger partial charge is 0.194 e. The molecule has 1 aromatic carbocycles. The normalized spacial score (nSPS) is 11.7. The molecule has 4 aromatic rings. The van der Waals surface area contributed by atoms with Crippen LogP contribution in [0.1, 0.15) is 16.3 Å². The third kappa shape index (κ3) is 1.93. The summed E-state index contributed by atoms with van der Waals surface area (Å²) in [6, 6.07) is 6.21. The van der Waals surface area contributed by atoms with Gasteiger partial charge in [-0.1, -0.05) is 0 Å². The van der Waals surface area contributed by atoms with Crippen molar-refractivity contribution in [3.63, 3.8) is 0 Å². The van der Waals surface area contributed by atoms with Crippen LogP contribution in [0.3, 0.4) is 0 Å². The Labute approximate surface area is 139 Å². The maximum absolute atomic E-state index is 5.41. The number of rotatable bonds is 2. The second-order valence-corrected chi connectivity index (χ2v) is 7.11. The van der Waals surface area contributed by atoms with E-state index in [-0.39, 0.29) is 0 Å². The van der Waals surface area contributed by atoms with E-state index < -0.39 is 0 Å². The van der Waals surface area contributed by atoms with Crippen molar-refractivity contribution >= 4 is 27.2 Å². The van der Waals surface area contributed by atoms with E-state index in [1.54, 1.807) is 18.4 Å². The Balaban J connectivity index is 2.04. The first kappa shape index (κ1) is 14.3. The molecule has 0 aliphatic carbocycles.